The maximum Gasteiger partial charge on any atom is 0.251 e. The van der Waals surface area contributed by atoms with Crippen molar-refractivity contribution < 1.29 is 4.79 Å². The number of rotatable bonds is 2. The summed E-state index contributed by atoms with van der Waals surface area (Å²) < 4.78 is 0. The minimum absolute atomic E-state index is 0. The Bertz CT molecular complexity index is 310. The van der Waals surface area contributed by atoms with Crippen LogP contribution in [0.25, 0.3) is 0 Å². The summed E-state index contributed by atoms with van der Waals surface area (Å²) in [5, 5.41) is 3.03. The third-order valence-electron chi connectivity index (χ3n) is 2.63. The molecule has 0 unspecified atom stereocenters. The van der Waals surface area contributed by atoms with Gasteiger partial charge in [0.1, 0.15) is 0 Å². The van der Waals surface area contributed by atoms with Crippen molar-refractivity contribution in [2.45, 2.75) is 31.7 Å². The van der Waals surface area contributed by atoms with Gasteiger partial charge in [-0.25, -0.2) is 0 Å². The van der Waals surface area contributed by atoms with Crippen molar-refractivity contribution >= 4 is 18.3 Å². The van der Waals surface area contributed by atoms with Crippen LogP contribution in [0.3, 0.4) is 0 Å². The van der Waals surface area contributed by atoms with E-state index in [9.17, 15) is 4.79 Å². The minimum Gasteiger partial charge on any atom is -0.349 e. The number of carbonyl (C=O) groups is 1. The van der Waals surface area contributed by atoms with E-state index in [-0.39, 0.29) is 18.3 Å². The summed E-state index contributed by atoms with van der Waals surface area (Å²) >= 11 is 0. The lowest BCUT2D eigenvalue weighted by Gasteiger charge is -2.11. The van der Waals surface area contributed by atoms with Crippen LogP contribution < -0.4 is 5.32 Å². The maximum absolute atomic E-state index is 11.7. The Hall–Kier alpha value is -1.09. The fourth-order valence-electron chi connectivity index (χ4n) is 1.84. The zero-order valence-electron chi connectivity index (χ0n) is 8.48. The first-order valence-corrected chi connectivity index (χ1v) is 5.07. The number of nitrogens with zero attached hydrogens (tertiary/aromatic N) is 1. The molecule has 4 heteroatoms. The lowest BCUT2D eigenvalue weighted by molar-refractivity contribution is 0.0938. The van der Waals surface area contributed by atoms with Gasteiger partial charge in [0.05, 0.1) is 0 Å². The maximum atomic E-state index is 11.7. The molecule has 3 nitrogen and oxygen atoms in total. The molecule has 1 aliphatic carbocycles. The van der Waals surface area contributed by atoms with E-state index in [1.807, 2.05) is 0 Å². The van der Waals surface area contributed by atoms with Crippen LogP contribution in [0.4, 0.5) is 0 Å². The van der Waals surface area contributed by atoms with E-state index in [0.29, 0.717) is 11.6 Å². The van der Waals surface area contributed by atoms with Gasteiger partial charge < -0.3 is 5.32 Å². The van der Waals surface area contributed by atoms with Crippen molar-refractivity contribution in [3.63, 3.8) is 0 Å². The van der Waals surface area contributed by atoms with Crippen molar-refractivity contribution in [3.8, 4) is 0 Å². The molecule has 1 N–H and O–H groups in total. The highest BCUT2D eigenvalue weighted by Gasteiger charge is 2.17. The quantitative estimate of drug-likeness (QED) is 0.840. The predicted molar refractivity (Wildman–Crippen MR) is 61.2 cm³/mol. The Morgan fingerprint density at radius 1 is 1.27 bits per heavy atom. The zero-order chi connectivity index (χ0) is 9.80. The Balaban J connectivity index is 0.00000112. The van der Waals surface area contributed by atoms with E-state index in [1.165, 1.54) is 12.8 Å². The minimum atomic E-state index is 0. The molecule has 0 radical (unpaired) electrons. The highest BCUT2D eigenvalue weighted by molar-refractivity contribution is 5.94. The molecule has 0 aliphatic heterocycles. The molecule has 1 amide bonds. The van der Waals surface area contributed by atoms with Gasteiger partial charge in [-0.1, -0.05) is 12.8 Å². The van der Waals surface area contributed by atoms with Crippen LogP contribution in [0.1, 0.15) is 36.0 Å². The van der Waals surface area contributed by atoms with Gasteiger partial charge in [0.25, 0.3) is 5.91 Å². The smallest absolute Gasteiger partial charge is 0.251 e. The molecule has 1 aromatic rings. The van der Waals surface area contributed by atoms with E-state index in [2.05, 4.69) is 10.3 Å². The molecule has 1 aromatic heterocycles. The zero-order valence-corrected chi connectivity index (χ0v) is 9.30. The van der Waals surface area contributed by atoms with Gasteiger partial charge in [0.2, 0.25) is 0 Å². The first-order valence-electron chi connectivity index (χ1n) is 5.07. The van der Waals surface area contributed by atoms with Gasteiger partial charge >= 0.3 is 0 Å². The standard InChI is InChI=1S/C11H14N2O.ClH/c14-11(9-5-7-12-8-6-9)13-10-3-1-2-4-10;/h5-8,10H,1-4H2,(H,13,14);1H. The van der Waals surface area contributed by atoms with Crippen molar-refractivity contribution in [1.29, 1.82) is 0 Å². The van der Waals surface area contributed by atoms with Gasteiger partial charge in [0, 0.05) is 24.0 Å². The Morgan fingerprint density at radius 3 is 2.47 bits per heavy atom. The first-order chi connectivity index (χ1) is 6.86. The lowest BCUT2D eigenvalue weighted by Crippen LogP contribution is -2.32. The second-order valence-corrected chi connectivity index (χ2v) is 3.69. The van der Waals surface area contributed by atoms with Crippen molar-refractivity contribution in [1.82, 2.24) is 10.3 Å². The molecule has 0 saturated heterocycles. The number of hydrogen-bond donors (Lipinski definition) is 1. The molecule has 0 atom stereocenters. The normalized spacial score (nSPS) is 15.7. The van der Waals surface area contributed by atoms with Crippen LogP contribution in [-0.4, -0.2) is 16.9 Å². The van der Waals surface area contributed by atoms with E-state index >= 15 is 0 Å². The predicted octanol–water partition coefficient (Wildman–Crippen LogP) is 2.18. The van der Waals surface area contributed by atoms with Gasteiger partial charge in [-0.15, -0.1) is 12.4 Å². The highest BCUT2D eigenvalue weighted by Crippen LogP contribution is 2.17. The lowest BCUT2D eigenvalue weighted by atomic mass is 10.2. The van der Waals surface area contributed by atoms with Crippen LogP contribution in [0.15, 0.2) is 24.5 Å². The fourth-order valence-corrected chi connectivity index (χ4v) is 1.84. The van der Waals surface area contributed by atoms with Crippen LogP contribution in [-0.2, 0) is 0 Å². The Labute approximate surface area is 95.7 Å². The van der Waals surface area contributed by atoms with Gasteiger partial charge in [0.15, 0.2) is 0 Å². The van der Waals surface area contributed by atoms with E-state index in [1.54, 1.807) is 24.5 Å². The number of pyridine rings is 1. The van der Waals surface area contributed by atoms with Crippen molar-refractivity contribution in [2.24, 2.45) is 0 Å². The largest absolute Gasteiger partial charge is 0.349 e. The summed E-state index contributed by atoms with van der Waals surface area (Å²) in [7, 11) is 0. The van der Waals surface area contributed by atoms with Crippen LogP contribution >= 0.6 is 12.4 Å². The Kier molecular flexibility index (Phi) is 4.56. The third-order valence-corrected chi connectivity index (χ3v) is 2.63. The molecule has 1 heterocycles. The molecular weight excluding hydrogens is 212 g/mol. The number of carbonyl (C=O) groups excluding carboxylic acids is 1. The third kappa shape index (κ3) is 3.20. The average molecular weight is 227 g/mol. The fraction of sp³-hybridized carbons (Fsp3) is 0.455. The molecule has 0 aromatic carbocycles. The monoisotopic (exact) mass is 226 g/mol. The molecular formula is C11H15ClN2O. The summed E-state index contributed by atoms with van der Waals surface area (Å²) in [6.07, 6.45) is 8.00. The highest BCUT2D eigenvalue weighted by atomic mass is 35.5. The first kappa shape index (κ1) is 12.0. The van der Waals surface area contributed by atoms with Crippen molar-refractivity contribution in [2.75, 3.05) is 0 Å². The number of amides is 1. The SMILES string of the molecule is Cl.O=C(NC1CCCC1)c1ccncc1. The Morgan fingerprint density at radius 2 is 1.87 bits per heavy atom. The molecule has 0 bridgehead atoms. The van der Waals surface area contributed by atoms with Gasteiger partial charge in [-0.2, -0.15) is 0 Å². The molecule has 0 spiro atoms. The summed E-state index contributed by atoms with van der Waals surface area (Å²) in [6.45, 7) is 0. The number of nitrogens with one attached hydrogen (secondary N) is 1. The van der Waals surface area contributed by atoms with E-state index in [4.69, 9.17) is 0 Å². The number of aromatic nitrogens is 1. The molecule has 15 heavy (non-hydrogen) atoms. The summed E-state index contributed by atoms with van der Waals surface area (Å²) in [5.41, 5.74) is 0.701. The van der Waals surface area contributed by atoms with Crippen LogP contribution in [0, 0.1) is 0 Å². The summed E-state index contributed by atoms with van der Waals surface area (Å²) in [5.74, 6) is 0.0271. The van der Waals surface area contributed by atoms with Crippen LogP contribution in [0.2, 0.25) is 0 Å². The molecule has 82 valence electrons. The molecule has 1 aliphatic rings. The second kappa shape index (κ2) is 5.71. The summed E-state index contributed by atoms with van der Waals surface area (Å²) in [4.78, 5) is 15.5. The van der Waals surface area contributed by atoms with Gasteiger partial charge in [-0.05, 0) is 25.0 Å². The molecule has 1 fully saturated rings. The van der Waals surface area contributed by atoms with Crippen molar-refractivity contribution in [3.05, 3.63) is 30.1 Å². The number of halogens is 1. The average Bonchev–Trinajstić information content (AvgIpc) is 2.72. The van der Waals surface area contributed by atoms with E-state index in [0.717, 1.165) is 12.8 Å². The van der Waals surface area contributed by atoms with Gasteiger partial charge in [-0.3, -0.25) is 9.78 Å². The second-order valence-electron chi connectivity index (χ2n) is 3.69. The van der Waals surface area contributed by atoms with E-state index < -0.39 is 0 Å². The van der Waals surface area contributed by atoms with Crippen LogP contribution in [0.5, 0.6) is 0 Å². The topological polar surface area (TPSA) is 42.0 Å². The molecule has 1 saturated carbocycles. The molecule has 2 rings (SSSR count). The summed E-state index contributed by atoms with van der Waals surface area (Å²) in [6, 6.07) is 3.87. The number of hydrogen-bond acceptors (Lipinski definition) is 2.